The summed E-state index contributed by atoms with van der Waals surface area (Å²) in [6, 6.07) is 0.199. The minimum Gasteiger partial charge on any atom is -0.481 e. The van der Waals surface area contributed by atoms with Crippen molar-refractivity contribution in [3.8, 4) is 0 Å². The van der Waals surface area contributed by atoms with Crippen LogP contribution < -0.4 is 5.69 Å². The topological polar surface area (TPSA) is 72.2 Å². The SMILES string of the molecule is Cc1nc(=O)n(C2CCCC2C)c(C)c1CC(C)C(=O)O. The molecule has 1 aliphatic carbocycles. The van der Waals surface area contributed by atoms with E-state index in [1.807, 2.05) is 6.92 Å². The third-order valence-corrected chi connectivity index (χ3v) is 4.78. The van der Waals surface area contributed by atoms with Crippen molar-refractivity contribution in [1.29, 1.82) is 0 Å². The highest BCUT2D eigenvalue weighted by molar-refractivity contribution is 5.70. The van der Waals surface area contributed by atoms with Gasteiger partial charge in [-0.15, -0.1) is 0 Å². The Kier molecular flexibility index (Phi) is 4.49. The van der Waals surface area contributed by atoms with Crippen molar-refractivity contribution < 1.29 is 9.90 Å². The Labute approximate surface area is 125 Å². The summed E-state index contributed by atoms with van der Waals surface area (Å²) < 4.78 is 1.80. The number of hydrogen-bond donors (Lipinski definition) is 1. The molecule has 3 unspecified atom stereocenters. The van der Waals surface area contributed by atoms with E-state index in [0.29, 0.717) is 18.0 Å². The highest BCUT2D eigenvalue weighted by Gasteiger charge is 2.28. The summed E-state index contributed by atoms with van der Waals surface area (Å²) in [5.41, 5.74) is 2.26. The molecule has 0 bridgehead atoms. The minimum atomic E-state index is -0.819. The zero-order valence-corrected chi connectivity index (χ0v) is 13.2. The Balaban J connectivity index is 2.47. The van der Waals surface area contributed by atoms with E-state index in [-0.39, 0.29) is 11.7 Å². The Morgan fingerprint density at radius 2 is 2.10 bits per heavy atom. The number of nitrogens with zero attached hydrogens (tertiary/aromatic N) is 2. The first-order chi connectivity index (χ1) is 9.82. The van der Waals surface area contributed by atoms with Crippen LogP contribution in [-0.2, 0) is 11.2 Å². The molecule has 1 aliphatic rings. The average molecular weight is 292 g/mol. The molecule has 1 heterocycles. The van der Waals surface area contributed by atoms with Gasteiger partial charge in [-0.2, -0.15) is 4.98 Å². The van der Waals surface area contributed by atoms with Gasteiger partial charge >= 0.3 is 11.7 Å². The number of carboxylic acid groups (broad SMARTS) is 1. The Hall–Kier alpha value is -1.65. The van der Waals surface area contributed by atoms with Crippen LogP contribution in [0.1, 0.15) is 56.1 Å². The molecule has 0 radical (unpaired) electrons. The molecule has 116 valence electrons. The normalized spacial score (nSPS) is 23.2. The van der Waals surface area contributed by atoms with Crippen LogP contribution in [0.4, 0.5) is 0 Å². The predicted molar refractivity (Wildman–Crippen MR) is 80.5 cm³/mol. The number of carboxylic acids is 1. The Morgan fingerprint density at radius 1 is 1.43 bits per heavy atom. The molecular formula is C16H24N2O3. The van der Waals surface area contributed by atoms with Gasteiger partial charge in [-0.05, 0) is 44.6 Å². The van der Waals surface area contributed by atoms with E-state index < -0.39 is 11.9 Å². The van der Waals surface area contributed by atoms with Gasteiger partial charge in [0.15, 0.2) is 0 Å². The van der Waals surface area contributed by atoms with Gasteiger partial charge < -0.3 is 5.11 Å². The molecule has 2 rings (SSSR count). The molecule has 1 N–H and O–H groups in total. The first kappa shape index (κ1) is 15.7. The zero-order chi connectivity index (χ0) is 15.7. The third-order valence-electron chi connectivity index (χ3n) is 4.78. The van der Waals surface area contributed by atoms with E-state index in [0.717, 1.165) is 30.5 Å². The number of carbonyl (C=O) groups is 1. The lowest BCUT2D eigenvalue weighted by Gasteiger charge is -2.24. The minimum absolute atomic E-state index is 0.199. The van der Waals surface area contributed by atoms with Crippen LogP contribution in [0, 0.1) is 25.7 Å². The zero-order valence-electron chi connectivity index (χ0n) is 13.2. The fourth-order valence-electron chi connectivity index (χ4n) is 3.40. The third kappa shape index (κ3) is 3.01. The highest BCUT2D eigenvalue weighted by atomic mass is 16.4. The lowest BCUT2D eigenvalue weighted by Crippen LogP contribution is -2.33. The standard InChI is InChI=1S/C16H24N2O3/c1-9-6-5-7-14(9)18-12(4)13(8-10(2)15(19)20)11(3)17-16(18)21/h9-10,14H,5-8H2,1-4H3,(H,19,20). The molecule has 5 nitrogen and oxygen atoms in total. The summed E-state index contributed by atoms with van der Waals surface area (Å²) in [6.07, 6.45) is 3.68. The fourth-order valence-corrected chi connectivity index (χ4v) is 3.40. The molecule has 5 heteroatoms. The molecule has 0 spiro atoms. The second-order valence-electron chi connectivity index (χ2n) is 6.33. The number of aryl methyl sites for hydroxylation is 1. The van der Waals surface area contributed by atoms with Crippen molar-refractivity contribution in [2.75, 3.05) is 0 Å². The molecule has 0 aliphatic heterocycles. The summed E-state index contributed by atoms with van der Waals surface area (Å²) in [6.45, 7) is 7.57. The van der Waals surface area contributed by atoms with E-state index in [2.05, 4.69) is 11.9 Å². The first-order valence-electron chi connectivity index (χ1n) is 7.64. The summed E-state index contributed by atoms with van der Waals surface area (Å²) in [7, 11) is 0. The van der Waals surface area contributed by atoms with Crippen molar-refractivity contribution in [2.45, 2.75) is 59.4 Å². The van der Waals surface area contributed by atoms with Crippen LogP contribution in [0.25, 0.3) is 0 Å². The Bertz CT molecular complexity index is 606. The number of rotatable bonds is 4. The molecule has 0 amide bonds. The molecule has 1 saturated carbocycles. The quantitative estimate of drug-likeness (QED) is 0.925. The van der Waals surface area contributed by atoms with Crippen molar-refractivity contribution >= 4 is 5.97 Å². The lowest BCUT2D eigenvalue weighted by atomic mass is 9.97. The fraction of sp³-hybridized carbons (Fsp3) is 0.688. The molecule has 0 saturated heterocycles. The van der Waals surface area contributed by atoms with E-state index in [1.54, 1.807) is 18.4 Å². The number of aromatic nitrogens is 2. The second kappa shape index (κ2) is 6.00. The summed E-state index contributed by atoms with van der Waals surface area (Å²) in [5.74, 6) is -0.826. The van der Waals surface area contributed by atoms with Gasteiger partial charge in [-0.1, -0.05) is 20.3 Å². The van der Waals surface area contributed by atoms with Crippen molar-refractivity contribution in [1.82, 2.24) is 9.55 Å². The smallest absolute Gasteiger partial charge is 0.348 e. The van der Waals surface area contributed by atoms with Gasteiger partial charge in [0.1, 0.15) is 0 Å². The number of aliphatic carboxylic acids is 1. The van der Waals surface area contributed by atoms with Gasteiger partial charge in [-0.3, -0.25) is 9.36 Å². The van der Waals surface area contributed by atoms with Crippen LogP contribution in [0.3, 0.4) is 0 Å². The van der Waals surface area contributed by atoms with Crippen LogP contribution >= 0.6 is 0 Å². The Morgan fingerprint density at radius 3 is 2.62 bits per heavy atom. The van der Waals surface area contributed by atoms with E-state index in [4.69, 9.17) is 5.11 Å². The van der Waals surface area contributed by atoms with Crippen molar-refractivity contribution in [2.24, 2.45) is 11.8 Å². The molecule has 1 aromatic heterocycles. The van der Waals surface area contributed by atoms with Gasteiger partial charge in [0.25, 0.3) is 0 Å². The molecule has 0 aromatic carbocycles. The molecule has 3 atom stereocenters. The highest BCUT2D eigenvalue weighted by Crippen LogP contribution is 2.35. The molecule has 1 aromatic rings. The first-order valence-corrected chi connectivity index (χ1v) is 7.64. The second-order valence-corrected chi connectivity index (χ2v) is 6.33. The maximum absolute atomic E-state index is 12.3. The maximum Gasteiger partial charge on any atom is 0.348 e. The molecule has 21 heavy (non-hydrogen) atoms. The van der Waals surface area contributed by atoms with E-state index in [1.165, 1.54) is 0 Å². The summed E-state index contributed by atoms with van der Waals surface area (Å²) in [5, 5.41) is 9.11. The summed E-state index contributed by atoms with van der Waals surface area (Å²) >= 11 is 0. The summed E-state index contributed by atoms with van der Waals surface area (Å²) in [4.78, 5) is 27.5. The molecule has 1 fully saturated rings. The molecular weight excluding hydrogens is 268 g/mol. The monoisotopic (exact) mass is 292 g/mol. The average Bonchev–Trinajstić information content (AvgIpc) is 2.80. The predicted octanol–water partition coefficient (Wildman–Crippen LogP) is 2.48. The van der Waals surface area contributed by atoms with Crippen LogP contribution in [0.5, 0.6) is 0 Å². The van der Waals surface area contributed by atoms with E-state index >= 15 is 0 Å². The van der Waals surface area contributed by atoms with Crippen molar-refractivity contribution in [3.63, 3.8) is 0 Å². The van der Waals surface area contributed by atoms with Gasteiger partial charge in [0.2, 0.25) is 0 Å². The van der Waals surface area contributed by atoms with Gasteiger partial charge in [0, 0.05) is 17.4 Å². The van der Waals surface area contributed by atoms with Gasteiger partial charge in [-0.25, -0.2) is 4.79 Å². The number of hydrogen-bond acceptors (Lipinski definition) is 3. The largest absolute Gasteiger partial charge is 0.481 e. The van der Waals surface area contributed by atoms with Crippen LogP contribution in [0.2, 0.25) is 0 Å². The van der Waals surface area contributed by atoms with E-state index in [9.17, 15) is 9.59 Å². The van der Waals surface area contributed by atoms with Gasteiger partial charge in [0.05, 0.1) is 5.92 Å². The van der Waals surface area contributed by atoms with Crippen molar-refractivity contribution in [3.05, 3.63) is 27.4 Å². The van der Waals surface area contributed by atoms with Crippen LogP contribution in [-0.4, -0.2) is 20.6 Å². The van der Waals surface area contributed by atoms with Crippen LogP contribution in [0.15, 0.2) is 4.79 Å². The lowest BCUT2D eigenvalue weighted by molar-refractivity contribution is -0.141. The maximum atomic E-state index is 12.3.